The third-order valence-electron chi connectivity index (χ3n) is 3.40. The van der Waals surface area contributed by atoms with Crippen molar-refractivity contribution < 1.29 is 9.90 Å². The molecule has 3 aromatic carbocycles. The van der Waals surface area contributed by atoms with E-state index in [9.17, 15) is 9.90 Å². The van der Waals surface area contributed by atoms with Crippen LogP contribution >= 0.6 is 0 Å². The van der Waals surface area contributed by atoms with Crippen molar-refractivity contribution in [3.05, 3.63) is 90.0 Å². The molecule has 0 aliphatic heterocycles. The Labute approximate surface area is 123 Å². The molecular weight excluding hydrogens is 260 g/mol. The number of benzene rings is 3. The van der Waals surface area contributed by atoms with Crippen LogP contribution in [0.2, 0.25) is 0 Å². The van der Waals surface area contributed by atoms with Gasteiger partial charge < -0.3 is 5.11 Å². The van der Waals surface area contributed by atoms with Crippen molar-refractivity contribution in [3.63, 3.8) is 0 Å². The third-order valence-corrected chi connectivity index (χ3v) is 3.40. The molecule has 2 heteroatoms. The minimum atomic E-state index is -0.0468. The molecular formula is C19H14O2. The van der Waals surface area contributed by atoms with Gasteiger partial charge >= 0.3 is 0 Å². The highest BCUT2D eigenvalue weighted by molar-refractivity contribution is 6.13. The highest BCUT2D eigenvalue weighted by Crippen LogP contribution is 2.32. The van der Waals surface area contributed by atoms with Crippen LogP contribution in [0.3, 0.4) is 0 Å². The molecule has 3 rings (SSSR count). The molecule has 0 saturated heterocycles. The van der Waals surface area contributed by atoms with Crippen molar-refractivity contribution in [1.82, 2.24) is 0 Å². The second-order valence-corrected chi connectivity index (χ2v) is 4.76. The zero-order valence-corrected chi connectivity index (χ0v) is 11.4. The van der Waals surface area contributed by atoms with E-state index in [1.807, 2.05) is 48.5 Å². The Morgan fingerprint density at radius 2 is 1.24 bits per heavy atom. The van der Waals surface area contributed by atoms with Crippen molar-refractivity contribution in [1.29, 1.82) is 0 Å². The van der Waals surface area contributed by atoms with Gasteiger partial charge in [-0.15, -0.1) is 0 Å². The van der Waals surface area contributed by atoms with Gasteiger partial charge in [0.15, 0.2) is 5.78 Å². The van der Waals surface area contributed by atoms with Gasteiger partial charge in [0.1, 0.15) is 5.75 Å². The fraction of sp³-hybridized carbons (Fsp3) is 0. The zero-order valence-electron chi connectivity index (χ0n) is 11.4. The monoisotopic (exact) mass is 274 g/mol. The summed E-state index contributed by atoms with van der Waals surface area (Å²) < 4.78 is 0. The maximum atomic E-state index is 12.7. The predicted molar refractivity (Wildman–Crippen MR) is 83.4 cm³/mol. The molecule has 0 aromatic heterocycles. The van der Waals surface area contributed by atoms with E-state index in [1.54, 1.807) is 30.3 Å². The zero-order chi connectivity index (χ0) is 14.7. The van der Waals surface area contributed by atoms with Crippen LogP contribution in [0, 0.1) is 0 Å². The number of hydrogen-bond acceptors (Lipinski definition) is 2. The van der Waals surface area contributed by atoms with Crippen LogP contribution < -0.4 is 0 Å². The second kappa shape index (κ2) is 5.63. The van der Waals surface area contributed by atoms with Gasteiger partial charge in [-0.05, 0) is 11.6 Å². The highest BCUT2D eigenvalue weighted by Gasteiger charge is 2.15. The molecule has 0 fully saturated rings. The van der Waals surface area contributed by atoms with Crippen LogP contribution in [0.15, 0.2) is 78.9 Å². The van der Waals surface area contributed by atoms with E-state index in [-0.39, 0.29) is 11.5 Å². The molecule has 0 aliphatic carbocycles. The van der Waals surface area contributed by atoms with Crippen LogP contribution in [0.1, 0.15) is 15.9 Å². The van der Waals surface area contributed by atoms with Gasteiger partial charge in [0.25, 0.3) is 0 Å². The molecule has 102 valence electrons. The van der Waals surface area contributed by atoms with Crippen LogP contribution in [-0.2, 0) is 0 Å². The number of aromatic hydroxyl groups is 1. The van der Waals surface area contributed by atoms with Crippen molar-refractivity contribution in [2.24, 2.45) is 0 Å². The first-order chi connectivity index (χ1) is 10.3. The van der Waals surface area contributed by atoms with Gasteiger partial charge in [-0.25, -0.2) is 0 Å². The van der Waals surface area contributed by atoms with E-state index in [1.165, 1.54) is 0 Å². The van der Waals surface area contributed by atoms with Crippen LogP contribution in [-0.4, -0.2) is 10.9 Å². The lowest BCUT2D eigenvalue weighted by atomic mass is 9.93. The summed E-state index contributed by atoms with van der Waals surface area (Å²) >= 11 is 0. The van der Waals surface area contributed by atoms with E-state index >= 15 is 0 Å². The van der Waals surface area contributed by atoms with E-state index in [4.69, 9.17) is 0 Å². The number of para-hydroxylation sites is 1. The Balaban J connectivity index is 2.13. The first-order valence-electron chi connectivity index (χ1n) is 6.74. The lowest BCUT2D eigenvalue weighted by Crippen LogP contribution is -2.03. The number of carbonyl (C=O) groups is 1. The number of rotatable bonds is 3. The number of ketones is 1. The Morgan fingerprint density at radius 3 is 1.95 bits per heavy atom. The molecule has 1 N–H and O–H groups in total. The Hall–Kier alpha value is -2.87. The summed E-state index contributed by atoms with van der Waals surface area (Å²) in [6, 6.07) is 23.5. The predicted octanol–water partition coefficient (Wildman–Crippen LogP) is 4.29. The molecule has 0 radical (unpaired) electrons. The molecule has 2 nitrogen and oxygen atoms in total. The lowest BCUT2D eigenvalue weighted by Gasteiger charge is -2.10. The summed E-state index contributed by atoms with van der Waals surface area (Å²) in [5.41, 5.74) is 2.63. The van der Waals surface area contributed by atoms with E-state index in [0.717, 1.165) is 5.56 Å². The van der Waals surface area contributed by atoms with Crippen molar-refractivity contribution >= 4 is 5.78 Å². The maximum Gasteiger partial charge on any atom is 0.193 e. The van der Waals surface area contributed by atoms with Crippen LogP contribution in [0.25, 0.3) is 11.1 Å². The molecule has 0 heterocycles. The Morgan fingerprint density at radius 1 is 0.667 bits per heavy atom. The quantitative estimate of drug-likeness (QED) is 0.723. The van der Waals surface area contributed by atoms with Gasteiger partial charge in [-0.2, -0.15) is 0 Å². The Bertz CT molecular complexity index is 776. The van der Waals surface area contributed by atoms with Crippen molar-refractivity contribution in [2.45, 2.75) is 0 Å². The van der Waals surface area contributed by atoms with Gasteiger partial charge in [-0.3, -0.25) is 4.79 Å². The number of phenols is 1. The average molecular weight is 274 g/mol. The van der Waals surface area contributed by atoms with Crippen molar-refractivity contribution in [3.8, 4) is 16.9 Å². The molecule has 0 amide bonds. The topological polar surface area (TPSA) is 37.3 Å². The summed E-state index contributed by atoms with van der Waals surface area (Å²) in [5.74, 6) is 0.125. The molecule has 21 heavy (non-hydrogen) atoms. The Kier molecular flexibility index (Phi) is 3.52. The van der Waals surface area contributed by atoms with E-state index in [2.05, 4.69) is 0 Å². The maximum absolute atomic E-state index is 12.7. The number of phenolic OH excluding ortho intramolecular Hbond substituents is 1. The van der Waals surface area contributed by atoms with Gasteiger partial charge in [0, 0.05) is 16.7 Å². The molecule has 0 aliphatic rings. The SMILES string of the molecule is O=C(c1ccccc1)c1ccccc1-c1ccccc1O. The number of carbonyl (C=O) groups excluding carboxylic acids is 1. The largest absolute Gasteiger partial charge is 0.507 e. The first kappa shape index (κ1) is 13.1. The fourth-order valence-corrected chi connectivity index (χ4v) is 2.36. The van der Waals surface area contributed by atoms with Gasteiger partial charge in [0.05, 0.1) is 0 Å². The summed E-state index contributed by atoms with van der Waals surface area (Å²) in [7, 11) is 0. The van der Waals surface area contributed by atoms with Gasteiger partial charge in [-0.1, -0.05) is 72.8 Å². The minimum absolute atomic E-state index is 0.0468. The molecule has 0 unspecified atom stereocenters. The standard InChI is InChI=1S/C19H14O2/c20-18-13-7-6-11-16(18)15-10-4-5-12-17(15)19(21)14-8-2-1-3-9-14/h1-13,20H. The molecule has 0 atom stereocenters. The average Bonchev–Trinajstić information content (AvgIpc) is 2.55. The lowest BCUT2D eigenvalue weighted by molar-refractivity contribution is 0.103. The molecule has 0 bridgehead atoms. The molecule has 0 spiro atoms. The molecule has 3 aromatic rings. The number of hydrogen-bond donors (Lipinski definition) is 1. The highest BCUT2D eigenvalue weighted by atomic mass is 16.3. The van der Waals surface area contributed by atoms with Crippen LogP contribution in [0.5, 0.6) is 5.75 Å². The smallest absolute Gasteiger partial charge is 0.193 e. The van der Waals surface area contributed by atoms with Gasteiger partial charge in [0.2, 0.25) is 0 Å². The summed E-state index contributed by atoms with van der Waals surface area (Å²) in [6.07, 6.45) is 0. The third kappa shape index (κ3) is 2.56. The second-order valence-electron chi connectivity index (χ2n) is 4.76. The summed E-state index contributed by atoms with van der Waals surface area (Å²) in [4.78, 5) is 12.7. The molecule has 0 saturated carbocycles. The van der Waals surface area contributed by atoms with Crippen LogP contribution in [0.4, 0.5) is 0 Å². The van der Waals surface area contributed by atoms with E-state index < -0.39 is 0 Å². The summed E-state index contributed by atoms with van der Waals surface area (Å²) in [5, 5.41) is 10.0. The summed E-state index contributed by atoms with van der Waals surface area (Å²) in [6.45, 7) is 0. The normalized spacial score (nSPS) is 10.3. The van der Waals surface area contributed by atoms with Crippen molar-refractivity contribution in [2.75, 3.05) is 0 Å². The van der Waals surface area contributed by atoms with E-state index in [0.29, 0.717) is 16.7 Å². The minimum Gasteiger partial charge on any atom is -0.507 e. The first-order valence-corrected chi connectivity index (χ1v) is 6.74. The fourth-order valence-electron chi connectivity index (χ4n) is 2.36.